The molecule has 0 saturated carbocycles. The van der Waals surface area contributed by atoms with Crippen LogP contribution in [-0.4, -0.2) is 19.0 Å². The van der Waals surface area contributed by atoms with Crippen LogP contribution >= 0.6 is 11.6 Å². The molecule has 2 N–H and O–H groups in total. The van der Waals surface area contributed by atoms with Crippen molar-refractivity contribution in [1.82, 2.24) is 5.32 Å². The lowest BCUT2D eigenvalue weighted by Crippen LogP contribution is -2.34. The van der Waals surface area contributed by atoms with Gasteiger partial charge in [-0.25, -0.2) is 4.39 Å². The minimum absolute atomic E-state index is 0.000583. The molecule has 0 aromatic heterocycles. The van der Waals surface area contributed by atoms with Gasteiger partial charge in [-0.1, -0.05) is 23.7 Å². The summed E-state index contributed by atoms with van der Waals surface area (Å²) in [5, 5.41) is 6.81. The van der Waals surface area contributed by atoms with E-state index in [2.05, 4.69) is 10.6 Å². The number of rotatable bonds is 3. The molecule has 1 heterocycles. The average Bonchev–Trinajstić information content (AvgIpc) is 2.58. The van der Waals surface area contributed by atoms with Gasteiger partial charge in [0.25, 0.3) is 0 Å². The highest BCUT2D eigenvalue weighted by Gasteiger charge is 2.21. The normalized spacial score (nSPS) is 15.4. The number of benzene rings is 2. The third-order valence-electron chi connectivity index (χ3n) is 4.10. The molecule has 1 amide bonds. The zero-order chi connectivity index (χ0) is 16.2. The lowest BCUT2D eigenvalue weighted by molar-refractivity contribution is -0.120. The van der Waals surface area contributed by atoms with Gasteiger partial charge in [-0.2, -0.15) is 0 Å². The zero-order valence-corrected chi connectivity index (χ0v) is 13.4. The summed E-state index contributed by atoms with van der Waals surface area (Å²) in [6.45, 7) is 1.71. The molecule has 3 rings (SSSR count). The monoisotopic (exact) mass is 332 g/mol. The second-order valence-electron chi connectivity index (χ2n) is 5.71. The Kier molecular flexibility index (Phi) is 4.94. The van der Waals surface area contributed by atoms with E-state index < -0.39 is 0 Å². The minimum Gasteiger partial charge on any atom is -0.325 e. The fourth-order valence-electron chi connectivity index (χ4n) is 2.81. The Morgan fingerprint density at radius 3 is 2.52 bits per heavy atom. The molecule has 5 heteroatoms. The molecule has 1 fully saturated rings. The van der Waals surface area contributed by atoms with E-state index in [-0.39, 0.29) is 17.6 Å². The van der Waals surface area contributed by atoms with Crippen molar-refractivity contribution >= 4 is 23.2 Å². The van der Waals surface area contributed by atoms with Gasteiger partial charge >= 0.3 is 0 Å². The van der Waals surface area contributed by atoms with Crippen LogP contribution in [0, 0.1) is 11.7 Å². The molecule has 2 aromatic rings. The molecule has 0 bridgehead atoms. The number of carbonyl (C=O) groups is 1. The molecule has 0 spiro atoms. The Hall–Kier alpha value is -1.91. The molecule has 1 aliphatic heterocycles. The molecule has 0 atom stereocenters. The summed E-state index contributed by atoms with van der Waals surface area (Å²) in [6, 6.07) is 11.5. The Morgan fingerprint density at radius 2 is 1.83 bits per heavy atom. The molecule has 3 nitrogen and oxygen atoms in total. The summed E-state index contributed by atoms with van der Waals surface area (Å²) >= 11 is 5.91. The Morgan fingerprint density at radius 1 is 1.13 bits per heavy atom. The summed E-state index contributed by atoms with van der Waals surface area (Å²) in [7, 11) is 0. The van der Waals surface area contributed by atoms with Gasteiger partial charge in [0.05, 0.1) is 0 Å². The smallest absolute Gasteiger partial charge is 0.227 e. The summed E-state index contributed by atoms with van der Waals surface area (Å²) in [6.07, 6.45) is 1.65. The van der Waals surface area contributed by atoms with Crippen molar-refractivity contribution in [3.8, 4) is 11.1 Å². The zero-order valence-electron chi connectivity index (χ0n) is 12.6. The van der Waals surface area contributed by atoms with Crippen LogP contribution in [0.5, 0.6) is 0 Å². The predicted octanol–water partition coefficient (Wildman–Crippen LogP) is 4.08. The molecule has 1 aliphatic rings. The van der Waals surface area contributed by atoms with Gasteiger partial charge in [0.1, 0.15) is 5.82 Å². The molecule has 23 heavy (non-hydrogen) atoms. The first kappa shape index (κ1) is 16.0. The van der Waals surface area contributed by atoms with E-state index in [0.717, 1.165) is 31.5 Å². The van der Waals surface area contributed by atoms with Crippen molar-refractivity contribution in [2.45, 2.75) is 12.8 Å². The number of nitrogens with one attached hydrogen (secondary N) is 2. The van der Waals surface area contributed by atoms with Gasteiger partial charge in [0.2, 0.25) is 5.91 Å². The summed E-state index contributed by atoms with van der Waals surface area (Å²) in [4.78, 5) is 12.4. The van der Waals surface area contributed by atoms with Gasteiger partial charge in [-0.3, -0.25) is 4.79 Å². The Balaban J connectivity index is 1.86. The van der Waals surface area contributed by atoms with Gasteiger partial charge in [0, 0.05) is 22.2 Å². The number of carbonyl (C=O) groups excluding carboxylic acids is 1. The average molecular weight is 333 g/mol. The number of hydrogen-bond acceptors (Lipinski definition) is 2. The van der Waals surface area contributed by atoms with Gasteiger partial charge in [-0.15, -0.1) is 0 Å². The third kappa shape index (κ3) is 3.89. The molecule has 0 aliphatic carbocycles. The predicted molar refractivity (Wildman–Crippen MR) is 91.1 cm³/mol. The van der Waals surface area contributed by atoms with Crippen LogP contribution < -0.4 is 10.6 Å². The van der Waals surface area contributed by atoms with Crippen LogP contribution in [0.3, 0.4) is 0 Å². The molecular formula is C18H18ClFN2O. The van der Waals surface area contributed by atoms with Crippen molar-refractivity contribution in [3.63, 3.8) is 0 Å². The van der Waals surface area contributed by atoms with E-state index in [1.807, 2.05) is 12.1 Å². The van der Waals surface area contributed by atoms with Crippen LogP contribution in [0.2, 0.25) is 5.02 Å². The van der Waals surface area contributed by atoms with Crippen LogP contribution in [0.4, 0.5) is 10.1 Å². The van der Waals surface area contributed by atoms with Crippen LogP contribution in [0.25, 0.3) is 11.1 Å². The minimum atomic E-state index is -0.338. The lowest BCUT2D eigenvalue weighted by atomic mass is 9.96. The quantitative estimate of drug-likeness (QED) is 0.889. The lowest BCUT2D eigenvalue weighted by Gasteiger charge is -2.22. The summed E-state index contributed by atoms with van der Waals surface area (Å²) in [5.41, 5.74) is 2.09. The number of piperidine rings is 1. The standard InChI is InChI=1S/C18H18ClFN2O/c19-14-3-1-12(2-4-14)16-11-15(20)5-6-17(16)22-18(23)13-7-9-21-10-8-13/h1-6,11,13,21H,7-10H2,(H,22,23). The second kappa shape index (κ2) is 7.11. The highest BCUT2D eigenvalue weighted by atomic mass is 35.5. The number of hydrogen-bond donors (Lipinski definition) is 2. The maximum Gasteiger partial charge on any atom is 0.227 e. The van der Waals surface area contributed by atoms with E-state index in [1.54, 1.807) is 18.2 Å². The van der Waals surface area contributed by atoms with Gasteiger partial charge < -0.3 is 10.6 Å². The first-order valence-electron chi connectivity index (χ1n) is 7.70. The fraction of sp³-hybridized carbons (Fsp3) is 0.278. The summed E-state index contributed by atoms with van der Waals surface area (Å²) < 4.78 is 13.7. The van der Waals surface area contributed by atoms with E-state index in [9.17, 15) is 9.18 Å². The van der Waals surface area contributed by atoms with Crippen molar-refractivity contribution in [1.29, 1.82) is 0 Å². The summed E-state index contributed by atoms with van der Waals surface area (Å²) in [5.74, 6) is -0.345. The molecule has 2 aromatic carbocycles. The van der Waals surface area contributed by atoms with Crippen molar-refractivity contribution in [2.24, 2.45) is 5.92 Å². The third-order valence-corrected chi connectivity index (χ3v) is 4.36. The maximum atomic E-state index is 13.7. The van der Waals surface area contributed by atoms with Gasteiger partial charge in [-0.05, 0) is 61.8 Å². The van der Waals surface area contributed by atoms with Crippen molar-refractivity contribution in [3.05, 3.63) is 53.3 Å². The van der Waals surface area contributed by atoms with Crippen molar-refractivity contribution < 1.29 is 9.18 Å². The van der Waals surface area contributed by atoms with E-state index in [0.29, 0.717) is 16.3 Å². The first-order chi connectivity index (χ1) is 11.1. The number of amides is 1. The molecular weight excluding hydrogens is 315 g/mol. The topological polar surface area (TPSA) is 41.1 Å². The van der Waals surface area contributed by atoms with E-state index in [1.165, 1.54) is 12.1 Å². The van der Waals surface area contributed by atoms with E-state index in [4.69, 9.17) is 11.6 Å². The largest absolute Gasteiger partial charge is 0.325 e. The van der Waals surface area contributed by atoms with Gasteiger partial charge in [0.15, 0.2) is 0 Å². The first-order valence-corrected chi connectivity index (χ1v) is 8.08. The van der Waals surface area contributed by atoms with Crippen LogP contribution in [-0.2, 0) is 4.79 Å². The molecule has 1 saturated heterocycles. The van der Waals surface area contributed by atoms with Crippen LogP contribution in [0.1, 0.15) is 12.8 Å². The maximum absolute atomic E-state index is 13.7. The SMILES string of the molecule is O=C(Nc1ccc(F)cc1-c1ccc(Cl)cc1)C1CCNCC1. The highest BCUT2D eigenvalue weighted by Crippen LogP contribution is 2.30. The fourth-order valence-corrected chi connectivity index (χ4v) is 2.94. The number of halogens is 2. The van der Waals surface area contributed by atoms with Crippen molar-refractivity contribution in [2.75, 3.05) is 18.4 Å². The van der Waals surface area contributed by atoms with Crippen LogP contribution in [0.15, 0.2) is 42.5 Å². The molecule has 0 radical (unpaired) electrons. The Labute approximate surface area is 139 Å². The van der Waals surface area contributed by atoms with E-state index >= 15 is 0 Å². The number of anilines is 1. The highest BCUT2D eigenvalue weighted by molar-refractivity contribution is 6.30. The second-order valence-corrected chi connectivity index (χ2v) is 6.15. The Bertz CT molecular complexity index is 697. The molecule has 0 unspecified atom stereocenters. The molecule has 120 valence electrons.